The maximum Gasteiger partial charge on any atom is 0.248 e. The number of nitrogens with one attached hydrogen (secondary N) is 2. The lowest BCUT2D eigenvalue weighted by molar-refractivity contribution is 0.380. The highest BCUT2D eigenvalue weighted by Crippen LogP contribution is 2.28. The number of aromatic nitrogens is 1. The molecule has 0 amide bonds. The van der Waals surface area contributed by atoms with E-state index in [-0.39, 0.29) is 17.6 Å². The molecule has 1 aliphatic rings. The molecule has 1 aliphatic carbocycles. The van der Waals surface area contributed by atoms with Crippen LogP contribution in [0.3, 0.4) is 0 Å². The van der Waals surface area contributed by atoms with Crippen LogP contribution in [0.4, 0.5) is 0 Å². The highest BCUT2D eigenvalue weighted by molar-refractivity contribution is 5.26. The molecule has 0 aliphatic heterocycles. The van der Waals surface area contributed by atoms with E-state index in [4.69, 9.17) is 6.42 Å². The molecule has 3 nitrogen and oxygen atoms in total. The van der Waals surface area contributed by atoms with Crippen molar-refractivity contribution in [2.45, 2.75) is 45.2 Å². The van der Waals surface area contributed by atoms with Gasteiger partial charge in [0.05, 0.1) is 6.04 Å². The van der Waals surface area contributed by atoms with Crippen molar-refractivity contribution in [2.24, 2.45) is 5.92 Å². The van der Waals surface area contributed by atoms with Gasteiger partial charge in [0, 0.05) is 17.8 Å². The Kier molecular flexibility index (Phi) is 3.88. The summed E-state index contributed by atoms with van der Waals surface area (Å²) in [5.74, 6) is 3.21. The second-order valence-electron chi connectivity index (χ2n) is 5.26. The fraction of sp³-hybridized carbons (Fsp3) is 0.533. The van der Waals surface area contributed by atoms with E-state index in [0.717, 1.165) is 25.0 Å². The monoisotopic (exact) mass is 244 g/mol. The van der Waals surface area contributed by atoms with Gasteiger partial charge in [-0.05, 0) is 30.7 Å². The van der Waals surface area contributed by atoms with Crippen molar-refractivity contribution >= 4 is 0 Å². The molecule has 0 bridgehead atoms. The fourth-order valence-corrected chi connectivity index (χ4v) is 2.52. The van der Waals surface area contributed by atoms with Crippen molar-refractivity contribution in [2.75, 3.05) is 0 Å². The summed E-state index contributed by atoms with van der Waals surface area (Å²) in [6.07, 6.45) is 8.67. The minimum atomic E-state index is -0.0215. The molecular formula is C15H20N2O. The molecule has 0 aromatic carbocycles. The summed E-state index contributed by atoms with van der Waals surface area (Å²) in [5.41, 5.74) is 2.24. The first-order valence-electron chi connectivity index (χ1n) is 6.56. The van der Waals surface area contributed by atoms with E-state index in [1.165, 1.54) is 5.56 Å². The molecule has 2 unspecified atom stereocenters. The zero-order valence-electron chi connectivity index (χ0n) is 11.0. The zero-order valence-corrected chi connectivity index (χ0v) is 11.0. The molecule has 1 aromatic heterocycles. The van der Waals surface area contributed by atoms with Crippen LogP contribution in [0.2, 0.25) is 0 Å². The van der Waals surface area contributed by atoms with Crippen molar-refractivity contribution in [3.8, 4) is 12.3 Å². The third-order valence-electron chi connectivity index (χ3n) is 3.56. The quantitative estimate of drug-likeness (QED) is 0.799. The molecule has 96 valence electrons. The van der Waals surface area contributed by atoms with Gasteiger partial charge in [-0.25, -0.2) is 0 Å². The van der Waals surface area contributed by atoms with Gasteiger partial charge in [0.25, 0.3) is 0 Å². The predicted molar refractivity (Wildman–Crippen MR) is 73.3 cm³/mol. The molecule has 18 heavy (non-hydrogen) atoms. The second-order valence-corrected chi connectivity index (χ2v) is 5.26. The third-order valence-corrected chi connectivity index (χ3v) is 3.56. The number of hydrogen-bond acceptors (Lipinski definition) is 2. The Morgan fingerprint density at radius 2 is 2.28 bits per heavy atom. The minimum absolute atomic E-state index is 0.0215. The summed E-state index contributed by atoms with van der Waals surface area (Å²) in [5, 5.41) is 3.52. The molecule has 0 saturated heterocycles. The Morgan fingerprint density at radius 3 is 2.94 bits per heavy atom. The molecule has 0 spiro atoms. The van der Waals surface area contributed by atoms with Crippen LogP contribution in [0.1, 0.15) is 44.0 Å². The SMILES string of the molecule is C#CC(NC1CCCc2[nH]c(=O)ccc21)C(C)C. The predicted octanol–water partition coefficient (Wildman–Crippen LogP) is 2.00. The Labute approximate surface area is 108 Å². The van der Waals surface area contributed by atoms with Crippen molar-refractivity contribution in [3.05, 3.63) is 33.7 Å². The number of fused-ring (bicyclic) bond motifs is 1. The summed E-state index contributed by atoms with van der Waals surface area (Å²) in [4.78, 5) is 14.3. The largest absolute Gasteiger partial charge is 0.326 e. The van der Waals surface area contributed by atoms with Crippen LogP contribution in [-0.4, -0.2) is 11.0 Å². The molecular weight excluding hydrogens is 224 g/mol. The van der Waals surface area contributed by atoms with Crippen LogP contribution in [-0.2, 0) is 6.42 Å². The van der Waals surface area contributed by atoms with E-state index < -0.39 is 0 Å². The number of aromatic amines is 1. The van der Waals surface area contributed by atoms with Crippen LogP contribution in [0, 0.1) is 18.3 Å². The maximum atomic E-state index is 11.3. The first kappa shape index (κ1) is 12.9. The van der Waals surface area contributed by atoms with Crippen molar-refractivity contribution in [3.63, 3.8) is 0 Å². The minimum Gasteiger partial charge on any atom is -0.326 e. The van der Waals surface area contributed by atoms with Crippen LogP contribution in [0.15, 0.2) is 16.9 Å². The highest BCUT2D eigenvalue weighted by Gasteiger charge is 2.23. The molecule has 2 atom stereocenters. The van der Waals surface area contributed by atoms with Crippen LogP contribution >= 0.6 is 0 Å². The van der Waals surface area contributed by atoms with E-state index >= 15 is 0 Å². The topological polar surface area (TPSA) is 44.9 Å². The first-order valence-corrected chi connectivity index (χ1v) is 6.56. The van der Waals surface area contributed by atoms with Gasteiger partial charge in [0.15, 0.2) is 0 Å². The molecule has 0 fully saturated rings. The highest BCUT2D eigenvalue weighted by atomic mass is 16.1. The number of hydrogen-bond donors (Lipinski definition) is 2. The number of pyridine rings is 1. The van der Waals surface area contributed by atoms with Gasteiger partial charge < -0.3 is 4.98 Å². The zero-order chi connectivity index (χ0) is 13.1. The van der Waals surface area contributed by atoms with Crippen molar-refractivity contribution < 1.29 is 0 Å². The normalized spacial score (nSPS) is 20.2. The van der Waals surface area contributed by atoms with Crippen LogP contribution in [0.25, 0.3) is 0 Å². The Bertz CT molecular complexity index is 510. The number of rotatable bonds is 3. The van der Waals surface area contributed by atoms with E-state index in [0.29, 0.717) is 5.92 Å². The number of terminal acetylenes is 1. The molecule has 0 saturated carbocycles. The lowest BCUT2D eigenvalue weighted by Crippen LogP contribution is -2.37. The van der Waals surface area contributed by atoms with Crippen molar-refractivity contribution in [1.29, 1.82) is 0 Å². The average molecular weight is 244 g/mol. The van der Waals surface area contributed by atoms with Gasteiger partial charge in [-0.15, -0.1) is 6.42 Å². The Hall–Kier alpha value is -1.53. The molecule has 3 heteroatoms. The van der Waals surface area contributed by atoms with Gasteiger partial charge in [0.1, 0.15) is 0 Å². The standard InChI is InChI=1S/C15H20N2O/c1-4-12(10(2)3)16-13-6-5-7-14-11(13)8-9-15(18)17-14/h1,8-10,12-13,16H,5-7H2,2-3H3,(H,17,18). The van der Waals surface area contributed by atoms with Gasteiger partial charge in [-0.2, -0.15) is 0 Å². The Balaban J connectivity index is 2.23. The molecule has 1 aromatic rings. The molecule has 2 N–H and O–H groups in total. The van der Waals surface area contributed by atoms with Crippen LogP contribution < -0.4 is 10.9 Å². The van der Waals surface area contributed by atoms with E-state index in [1.54, 1.807) is 6.07 Å². The lowest BCUT2D eigenvalue weighted by Gasteiger charge is -2.29. The van der Waals surface area contributed by atoms with E-state index in [2.05, 4.69) is 30.1 Å². The fourth-order valence-electron chi connectivity index (χ4n) is 2.52. The smallest absolute Gasteiger partial charge is 0.248 e. The second kappa shape index (κ2) is 5.41. The van der Waals surface area contributed by atoms with Crippen LogP contribution in [0.5, 0.6) is 0 Å². The third kappa shape index (κ3) is 2.65. The van der Waals surface area contributed by atoms with Gasteiger partial charge in [-0.3, -0.25) is 10.1 Å². The number of H-pyrrole nitrogens is 1. The van der Waals surface area contributed by atoms with Gasteiger partial charge in [-0.1, -0.05) is 25.8 Å². The average Bonchev–Trinajstić information content (AvgIpc) is 2.35. The van der Waals surface area contributed by atoms with Gasteiger partial charge >= 0.3 is 0 Å². The van der Waals surface area contributed by atoms with Gasteiger partial charge in [0.2, 0.25) is 5.56 Å². The number of aryl methyl sites for hydroxylation is 1. The summed E-state index contributed by atoms with van der Waals surface area (Å²) in [6.45, 7) is 4.24. The summed E-state index contributed by atoms with van der Waals surface area (Å²) in [7, 11) is 0. The lowest BCUT2D eigenvalue weighted by atomic mass is 9.90. The molecule has 0 radical (unpaired) electrons. The van der Waals surface area contributed by atoms with Crippen molar-refractivity contribution in [1.82, 2.24) is 10.3 Å². The summed E-state index contributed by atoms with van der Waals surface area (Å²) >= 11 is 0. The Morgan fingerprint density at radius 1 is 1.50 bits per heavy atom. The molecule has 1 heterocycles. The summed E-state index contributed by atoms with van der Waals surface area (Å²) in [6, 6.07) is 3.86. The maximum absolute atomic E-state index is 11.3. The van der Waals surface area contributed by atoms with E-state index in [9.17, 15) is 4.79 Å². The van der Waals surface area contributed by atoms with E-state index in [1.807, 2.05) is 6.07 Å². The first-order chi connectivity index (χ1) is 8.61. The molecule has 2 rings (SSSR count). The summed E-state index contributed by atoms with van der Waals surface area (Å²) < 4.78 is 0.